The number of likely N-dealkylation sites (tertiary alicyclic amines) is 1. The van der Waals surface area contributed by atoms with Crippen molar-refractivity contribution in [1.29, 1.82) is 0 Å². The van der Waals surface area contributed by atoms with Gasteiger partial charge in [0.25, 0.3) is 0 Å². The smallest absolute Gasteiger partial charge is 0.150 e. The fourth-order valence-corrected chi connectivity index (χ4v) is 5.96. The Hall–Kier alpha value is -0.130. The van der Waals surface area contributed by atoms with E-state index in [4.69, 9.17) is 0 Å². The highest BCUT2D eigenvalue weighted by Crippen LogP contribution is 2.35. The van der Waals surface area contributed by atoms with Crippen molar-refractivity contribution in [2.75, 3.05) is 25.9 Å². The predicted octanol–water partition coefficient (Wildman–Crippen LogP) is 1.81. The van der Waals surface area contributed by atoms with Crippen LogP contribution in [0.5, 0.6) is 0 Å². The molecule has 5 heteroatoms. The lowest BCUT2D eigenvalue weighted by Gasteiger charge is -2.41. The number of hydrogen-bond donors (Lipinski definition) is 1. The minimum absolute atomic E-state index is 0.0954. The molecule has 3 rings (SSSR count). The Balaban J connectivity index is 1.66. The van der Waals surface area contributed by atoms with Gasteiger partial charge in [0.05, 0.1) is 5.25 Å². The van der Waals surface area contributed by atoms with Crippen LogP contribution in [0.3, 0.4) is 0 Å². The molecule has 0 amide bonds. The SMILES string of the molecule is CS(=O)(=O)C1CCCC(N2CCCC2C2CCCNC2)C1. The molecule has 0 aromatic carbocycles. The van der Waals surface area contributed by atoms with Crippen LogP contribution in [-0.4, -0.2) is 56.5 Å². The summed E-state index contributed by atoms with van der Waals surface area (Å²) in [5.41, 5.74) is 0. The van der Waals surface area contributed by atoms with E-state index in [1.54, 1.807) is 0 Å². The van der Waals surface area contributed by atoms with Gasteiger partial charge in [0.15, 0.2) is 0 Å². The van der Waals surface area contributed by atoms with Crippen LogP contribution in [0.4, 0.5) is 0 Å². The van der Waals surface area contributed by atoms with E-state index in [-0.39, 0.29) is 5.25 Å². The van der Waals surface area contributed by atoms with Crippen molar-refractivity contribution < 1.29 is 8.42 Å². The number of piperidine rings is 1. The topological polar surface area (TPSA) is 49.4 Å². The van der Waals surface area contributed by atoms with Crippen molar-refractivity contribution in [1.82, 2.24) is 10.2 Å². The molecule has 2 saturated heterocycles. The van der Waals surface area contributed by atoms with Crippen molar-refractivity contribution in [2.24, 2.45) is 5.92 Å². The van der Waals surface area contributed by atoms with Gasteiger partial charge in [-0.1, -0.05) is 6.42 Å². The Morgan fingerprint density at radius 1 is 1.05 bits per heavy atom. The lowest BCUT2D eigenvalue weighted by molar-refractivity contribution is 0.0968. The van der Waals surface area contributed by atoms with Gasteiger partial charge in [-0.15, -0.1) is 0 Å². The van der Waals surface area contributed by atoms with Crippen molar-refractivity contribution in [3.63, 3.8) is 0 Å². The van der Waals surface area contributed by atoms with Crippen LogP contribution in [0.15, 0.2) is 0 Å². The van der Waals surface area contributed by atoms with Gasteiger partial charge >= 0.3 is 0 Å². The molecule has 0 radical (unpaired) electrons. The van der Waals surface area contributed by atoms with Crippen molar-refractivity contribution in [3.8, 4) is 0 Å². The van der Waals surface area contributed by atoms with E-state index in [1.165, 1.54) is 51.4 Å². The highest BCUT2D eigenvalue weighted by Gasteiger charge is 2.39. The van der Waals surface area contributed by atoms with E-state index in [1.807, 2.05) is 0 Å². The summed E-state index contributed by atoms with van der Waals surface area (Å²) in [5.74, 6) is 0.778. The molecule has 1 saturated carbocycles. The van der Waals surface area contributed by atoms with E-state index in [0.717, 1.165) is 31.7 Å². The zero-order chi connectivity index (χ0) is 14.9. The molecule has 2 heterocycles. The van der Waals surface area contributed by atoms with Gasteiger partial charge < -0.3 is 5.32 Å². The molecule has 0 aromatic heterocycles. The van der Waals surface area contributed by atoms with E-state index >= 15 is 0 Å². The zero-order valence-corrected chi connectivity index (χ0v) is 14.1. The van der Waals surface area contributed by atoms with Crippen molar-refractivity contribution in [2.45, 2.75) is 68.7 Å². The largest absolute Gasteiger partial charge is 0.316 e. The molecule has 1 N–H and O–H groups in total. The maximum absolute atomic E-state index is 11.9. The molecule has 3 fully saturated rings. The molecule has 4 nitrogen and oxygen atoms in total. The third-order valence-corrected chi connectivity index (χ3v) is 7.53. The molecule has 4 atom stereocenters. The Kier molecular flexibility index (Phi) is 4.91. The first kappa shape index (κ1) is 15.8. The van der Waals surface area contributed by atoms with Crippen LogP contribution >= 0.6 is 0 Å². The monoisotopic (exact) mass is 314 g/mol. The second-order valence-electron chi connectivity index (χ2n) is 7.33. The predicted molar refractivity (Wildman–Crippen MR) is 86.2 cm³/mol. The molecule has 1 aliphatic carbocycles. The maximum atomic E-state index is 11.9. The van der Waals surface area contributed by atoms with Gasteiger partial charge in [-0.25, -0.2) is 8.42 Å². The summed E-state index contributed by atoms with van der Waals surface area (Å²) in [5, 5.41) is 3.45. The van der Waals surface area contributed by atoms with Crippen LogP contribution in [0, 0.1) is 5.92 Å². The average Bonchev–Trinajstić information content (AvgIpc) is 2.97. The molecular weight excluding hydrogens is 284 g/mol. The Morgan fingerprint density at radius 2 is 1.90 bits per heavy atom. The maximum Gasteiger partial charge on any atom is 0.150 e. The number of sulfone groups is 1. The first-order valence-electron chi connectivity index (χ1n) is 8.71. The molecule has 4 unspecified atom stereocenters. The first-order chi connectivity index (χ1) is 10.1. The zero-order valence-electron chi connectivity index (χ0n) is 13.3. The van der Waals surface area contributed by atoms with Gasteiger partial charge in [0, 0.05) is 18.3 Å². The summed E-state index contributed by atoms with van der Waals surface area (Å²) < 4.78 is 23.8. The van der Waals surface area contributed by atoms with Gasteiger partial charge in [0.2, 0.25) is 0 Å². The van der Waals surface area contributed by atoms with Crippen LogP contribution in [0.25, 0.3) is 0 Å². The van der Waals surface area contributed by atoms with Crippen molar-refractivity contribution in [3.05, 3.63) is 0 Å². The molecule has 0 aromatic rings. The van der Waals surface area contributed by atoms with E-state index in [2.05, 4.69) is 10.2 Å². The average molecular weight is 314 g/mol. The second-order valence-corrected chi connectivity index (χ2v) is 9.65. The quantitative estimate of drug-likeness (QED) is 0.863. The summed E-state index contributed by atoms with van der Waals surface area (Å²) in [6.07, 6.45) is 10.7. The van der Waals surface area contributed by atoms with Crippen LogP contribution in [0.2, 0.25) is 0 Å². The van der Waals surface area contributed by atoms with Crippen molar-refractivity contribution >= 4 is 9.84 Å². The van der Waals surface area contributed by atoms with E-state index in [9.17, 15) is 8.42 Å². The molecule has 21 heavy (non-hydrogen) atoms. The summed E-state index contributed by atoms with van der Waals surface area (Å²) in [6.45, 7) is 3.51. The van der Waals surface area contributed by atoms with Gasteiger partial charge in [-0.05, 0) is 70.5 Å². The highest BCUT2D eigenvalue weighted by molar-refractivity contribution is 7.91. The Bertz CT molecular complexity index is 445. The third kappa shape index (κ3) is 3.62. The molecule has 0 bridgehead atoms. The third-order valence-electron chi connectivity index (χ3n) is 5.89. The summed E-state index contributed by atoms with van der Waals surface area (Å²) in [7, 11) is -2.87. The lowest BCUT2D eigenvalue weighted by Crippen LogP contribution is -2.49. The molecule has 2 aliphatic heterocycles. The fourth-order valence-electron chi connectivity index (χ4n) is 4.79. The first-order valence-corrected chi connectivity index (χ1v) is 10.7. The second kappa shape index (κ2) is 6.55. The normalized spacial score (nSPS) is 39.5. The molecule has 0 spiro atoms. The van der Waals surface area contributed by atoms with E-state index < -0.39 is 9.84 Å². The Morgan fingerprint density at radius 3 is 2.62 bits per heavy atom. The number of hydrogen-bond acceptors (Lipinski definition) is 4. The molecule has 122 valence electrons. The highest BCUT2D eigenvalue weighted by atomic mass is 32.2. The summed E-state index contributed by atoms with van der Waals surface area (Å²) in [4.78, 5) is 2.69. The van der Waals surface area contributed by atoms with Crippen LogP contribution < -0.4 is 5.32 Å². The van der Waals surface area contributed by atoms with Gasteiger partial charge in [-0.2, -0.15) is 0 Å². The molecule has 3 aliphatic rings. The van der Waals surface area contributed by atoms with E-state index in [0.29, 0.717) is 12.1 Å². The summed E-state index contributed by atoms with van der Waals surface area (Å²) >= 11 is 0. The minimum atomic E-state index is -2.87. The number of nitrogens with one attached hydrogen (secondary N) is 1. The number of nitrogens with zero attached hydrogens (tertiary/aromatic N) is 1. The van der Waals surface area contributed by atoms with Crippen LogP contribution in [0.1, 0.15) is 51.4 Å². The minimum Gasteiger partial charge on any atom is -0.316 e. The van der Waals surface area contributed by atoms with Gasteiger partial charge in [0.1, 0.15) is 9.84 Å². The standard InChI is InChI=1S/C16H30N2O2S/c1-21(19,20)15-7-2-6-14(11-15)18-10-4-8-16(18)13-5-3-9-17-12-13/h13-17H,2-12H2,1H3. The molecular formula is C16H30N2O2S. The summed E-state index contributed by atoms with van der Waals surface area (Å²) in [6, 6.07) is 1.20. The fraction of sp³-hybridized carbons (Fsp3) is 1.00. The lowest BCUT2D eigenvalue weighted by atomic mass is 9.87. The van der Waals surface area contributed by atoms with Gasteiger partial charge in [-0.3, -0.25) is 4.90 Å². The van der Waals surface area contributed by atoms with Crippen LogP contribution in [-0.2, 0) is 9.84 Å². The Labute approximate surface area is 129 Å². The number of rotatable bonds is 3.